The van der Waals surface area contributed by atoms with Crippen molar-refractivity contribution in [3.8, 4) is 0 Å². The third-order valence-corrected chi connectivity index (χ3v) is 4.55. The van der Waals surface area contributed by atoms with Gasteiger partial charge in [0, 0.05) is 17.0 Å². The van der Waals surface area contributed by atoms with E-state index in [2.05, 4.69) is 5.32 Å². The van der Waals surface area contributed by atoms with E-state index in [0.29, 0.717) is 11.6 Å². The maximum atomic E-state index is 12.0. The van der Waals surface area contributed by atoms with E-state index in [1.165, 1.54) is 0 Å². The van der Waals surface area contributed by atoms with Crippen LogP contribution in [0, 0.1) is 0 Å². The fourth-order valence-electron chi connectivity index (χ4n) is 3.10. The van der Waals surface area contributed by atoms with Crippen LogP contribution >= 0.6 is 11.6 Å². The van der Waals surface area contributed by atoms with Crippen LogP contribution in [0.25, 0.3) is 0 Å². The molecule has 4 nitrogen and oxygen atoms in total. The van der Waals surface area contributed by atoms with Gasteiger partial charge in [-0.05, 0) is 64.2 Å². The summed E-state index contributed by atoms with van der Waals surface area (Å²) in [4.78, 5) is 12.0. The summed E-state index contributed by atoms with van der Waals surface area (Å²) in [6.45, 7) is 6.01. The van der Waals surface area contributed by atoms with Crippen molar-refractivity contribution in [2.75, 3.05) is 6.54 Å². The van der Waals surface area contributed by atoms with Gasteiger partial charge < -0.3 is 15.2 Å². The van der Waals surface area contributed by atoms with Crippen LogP contribution in [0.15, 0.2) is 24.3 Å². The minimum atomic E-state index is -0.518. The molecule has 0 bridgehead atoms. The number of aliphatic hydroxyl groups is 1. The summed E-state index contributed by atoms with van der Waals surface area (Å²) in [7, 11) is 0. The number of carbonyl (C=O) groups excluding carboxylic acids is 1. The number of alkyl carbamates (subject to hydrolysis) is 1. The van der Waals surface area contributed by atoms with E-state index in [1.807, 2.05) is 45.0 Å². The van der Waals surface area contributed by atoms with Gasteiger partial charge in [-0.15, -0.1) is 0 Å². The predicted molar refractivity (Wildman–Crippen MR) is 91.8 cm³/mol. The lowest BCUT2D eigenvalue weighted by Crippen LogP contribution is -2.45. The minimum absolute atomic E-state index is 0.207. The van der Waals surface area contributed by atoms with Crippen LogP contribution in [-0.2, 0) is 10.2 Å². The second-order valence-corrected chi connectivity index (χ2v) is 7.81. The summed E-state index contributed by atoms with van der Waals surface area (Å²) in [5, 5.41) is 13.4. The van der Waals surface area contributed by atoms with Crippen molar-refractivity contribution in [1.29, 1.82) is 0 Å². The quantitative estimate of drug-likeness (QED) is 0.873. The first-order valence-electron chi connectivity index (χ1n) is 8.11. The van der Waals surface area contributed by atoms with Crippen molar-refractivity contribution in [1.82, 2.24) is 5.32 Å². The van der Waals surface area contributed by atoms with Crippen LogP contribution in [0.4, 0.5) is 4.79 Å². The SMILES string of the molecule is CC(C)(C)OC(=O)NCC1(c2cccc(Cl)c2)CCC(O)CC1. The van der Waals surface area contributed by atoms with Gasteiger partial charge in [0.1, 0.15) is 5.60 Å². The van der Waals surface area contributed by atoms with Gasteiger partial charge in [0.2, 0.25) is 0 Å². The lowest BCUT2D eigenvalue weighted by molar-refractivity contribution is 0.0487. The second-order valence-electron chi connectivity index (χ2n) is 7.38. The van der Waals surface area contributed by atoms with Crippen molar-refractivity contribution < 1.29 is 14.6 Å². The van der Waals surface area contributed by atoms with Gasteiger partial charge >= 0.3 is 6.09 Å². The van der Waals surface area contributed by atoms with E-state index in [1.54, 1.807) is 0 Å². The van der Waals surface area contributed by atoms with Gasteiger partial charge in [-0.1, -0.05) is 23.7 Å². The zero-order valence-electron chi connectivity index (χ0n) is 14.1. The van der Waals surface area contributed by atoms with Crippen molar-refractivity contribution >= 4 is 17.7 Å². The molecule has 0 aliphatic heterocycles. The topological polar surface area (TPSA) is 58.6 Å². The second kappa shape index (κ2) is 7.10. The zero-order valence-corrected chi connectivity index (χ0v) is 14.8. The number of benzene rings is 1. The van der Waals surface area contributed by atoms with E-state index < -0.39 is 11.7 Å². The number of aliphatic hydroxyl groups excluding tert-OH is 1. The highest BCUT2D eigenvalue weighted by atomic mass is 35.5. The van der Waals surface area contributed by atoms with E-state index in [9.17, 15) is 9.90 Å². The summed E-state index contributed by atoms with van der Waals surface area (Å²) in [5.41, 5.74) is 0.379. The molecule has 2 N–H and O–H groups in total. The Morgan fingerprint density at radius 1 is 1.39 bits per heavy atom. The first kappa shape index (κ1) is 18.1. The molecule has 0 heterocycles. The Balaban J connectivity index is 2.14. The molecule has 1 fully saturated rings. The summed E-state index contributed by atoms with van der Waals surface area (Å²) in [6, 6.07) is 7.77. The molecule has 1 aromatic carbocycles. The molecule has 23 heavy (non-hydrogen) atoms. The molecule has 2 rings (SSSR count). The molecule has 0 spiro atoms. The van der Waals surface area contributed by atoms with Gasteiger partial charge in [-0.2, -0.15) is 0 Å². The average molecular weight is 340 g/mol. The Bertz CT molecular complexity index is 545. The fourth-order valence-corrected chi connectivity index (χ4v) is 3.29. The lowest BCUT2D eigenvalue weighted by atomic mass is 9.68. The molecule has 1 saturated carbocycles. The molecule has 0 unspecified atom stereocenters. The fraction of sp³-hybridized carbons (Fsp3) is 0.611. The summed E-state index contributed by atoms with van der Waals surface area (Å²) < 4.78 is 5.33. The standard InChI is InChI=1S/C18H26ClNO3/c1-17(2,3)23-16(22)20-12-18(9-7-15(21)8-10-18)13-5-4-6-14(19)11-13/h4-6,11,15,21H,7-10,12H2,1-3H3,(H,20,22). The summed E-state index contributed by atoms with van der Waals surface area (Å²) in [6.07, 6.45) is 2.40. The van der Waals surface area contributed by atoms with E-state index in [4.69, 9.17) is 16.3 Å². The molecule has 1 aliphatic carbocycles. The summed E-state index contributed by atoms with van der Waals surface area (Å²) >= 11 is 6.14. The number of nitrogens with one attached hydrogen (secondary N) is 1. The maximum Gasteiger partial charge on any atom is 0.407 e. The summed E-state index contributed by atoms with van der Waals surface area (Å²) in [5.74, 6) is 0. The number of rotatable bonds is 3. The Hall–Kier alpha value is -1.26. The molecular weight excluding hydrogens is 314 g/mol. The largest absolute Gasteiger partial charge is 0.444 e. The molecule has 1 aliphatic rings. The van der Waals surface area contributed by atoms with E-state index in [-0.39, 0.29) is 11.5 Å². The van der Waals surface area contributed by atoms with Crippen molar-refractivity contribution in [2.24, 2.45) is 0 Å². The molecule has 1 amide bonds. The Kier molecular flexibility index (Phi) is 5.58. The molecule has 0 aromatic heterocycles. The molecular formula is C18H26ClNO3. The highest BCUT2D eigenvalue weighted by Gasteiger charge is 2.37. The number of ether oxygens (including phenoxy) is 1. The van der Waals surface area contributed by atoms with Gasteiger partial charge in [0.25, 0.3) is 0 Å². The average Bonchev–Trinajstić information content (AvgIpc) is 2.45. The monoisotopic (exact) mass is 339 g/mol. The molecule has 0 radical (unpaired) electrons. The molecule has 128 valence electrons. The van der Waals surface area contributed by atoms with Crippen molar-refractivity contribution in [3.63, 3.8) is 0 Å². The van der Waals surface area contributed by atoms with E-state index in [0.717, 1.165) is 31.2 Å². The number of carbonyl (C=O) groups is 1. The number of hydrogen-bond acceptors (Lipinski definition) is 3. The number of hydrogen-bond donors (Lipinski definition) is 2. The first-order chi connectivity index (χ1) is 10.7. The van der Waals surface area contributed by atoms with Crippen molar-refractivity contribution in [3.05, 3.63) is 34.9 Å². The Morgan fingerprint density at radius 2 is 2.04 bits per heavy atom. The highest BCUT2D eigenvalue weighted by molar-refractivity contribution is 6.30. The van der Waals surface area contributed by atoms with Crippen LogP contribution in [0.5, 0.6) is 0 Å². The lowest BCUT2D eigenvalue weighted by Gasteiger charge is -2.39. The Morgan fingerprint density at radius 3 is 2.61 bits per heavy atom. The Labute approximate surface area is 143 Å². The van der Waals surface area contributed by atoms with Gasteiger partial charge in [-0.3, -0.25) is 0 Å². The molecule has 5 heteroatoms. The van der Waals surface area contributed by atoms with Crippen LogP contribution in [0.1, 0.15) is 52.0 Å². The predicted octanol–water partition coefficient (Wildman–Crippen LogP) is 4.04. The van der Waals surface area contributed by atoms with Crippen LogP contribution < -0.4 is 5.32 Å². The number of halogens is 1. The highest BCUT2D eigenvalue weighted by Crippen LogP contribution is 2.40. The van der Waals surface area contributed by atoms with Crippen molar-refractivity contribution in [2.45, 2.75) is 63.6 Å². The smallest absolute Gasteiger partial charge is 0.407 e. The van der Waals surface area contributed by atoms with Gasteiger partial charge in [-0.25, -0.2) is 4.79 Å². The van der Waals surface area contributed by atoms with Crippen LogP contribution in [-0.4, -0.2) is 29.4 Å². The molecule has 1 aromatic rings. The van der Waals surface area contributed by atoms with E-state index >= 15 is 0 Å². The van der Waals surface area contributed by atoms with Gasteiger partial charge in [0.15, 0.2) is 0 Å². The molecule has 0 atom stereocenters. The first-order valence-corrected chi connectivity index (χ1v) is 8.49. The third kappa shape index (κ3) is 5.11. The number of amides is 1. The molecule has 0 saturated heterocycles. The van der Waals surface area contributed by atoms with Gasteiger partial charge in [0.05, 0.1) is 6.10 Å². The van der Waals surface area contributed by atoms with Crippen LogP contribution in [0.2, 0.25) is 5.02 Å². The third-order valence-electron chi connectivity index (χ3n) is 4.32. The minimum Gasteiger partial charge on any atom is -0.444 e. The maximum absolute atomic E-state index is 12.0. The zero-order chi connectivity index (χ0) is 17.1. The normalized spacial score (nSPS) is 25.0. The van der Waals surface area contributed by atoms with Crippen LogP contribution in [0.3, 0.4) is 0 Å².